The summed E-state index contributed by atoms with van der Waals surface area (Å²) in [6.07, 6.45) is 0.544. The summed E-state index contributed by atoms with van der Waals surface area (Å²) >= 11 is 0. The Bertz CT molecular complexity index is 283. The molecule has 1 saturated heterocycles. The van der Waals surface area contributed by atoms with Gasteiger partial charge in [0.2, 0.25) is 10.0 Å². The van der Waals surface area contributed by atoms with Gasteiger partial charge in [0.15, 0.2) is 0 Å². The zero-order valence-corrected chi connectivity index (χ0v) is 7.97. The van der Waals surface area contributed by atoms with E-state index in [4.69, 9.17) is 0 Å². The first-order valence-corrected chi connectivity index (χ1v) is 5.28. The summed E-state index contributed by atoms with van der Waals surface area (Å²) in [5.41, 5.74) is 0. The van der Waals surface area contributed by atoms with Gasteiger partial charge in [-0.2, -0.15) is 0 Å². The van der Waals surface area contributed by atoms with Crippen LogP contribution in [-0.4, -0.2) is 50.0 Å². The lowest BCUT2D eigenvalue weighted by Gasteiger charge is -2.19. The molecule has 0 aromatic rings. The molecule has 6 heteroatoms. The standard InChI is InChI=1S/C6H12N2O3S/c1-7(2)6(9)8-4-3-5-12(8,10)11/h3-5H2,1-2H3. The molecule has 70 valence electrons. The van der Waals surface area contributed by atoms with Crippen molar-refractivity contribution in [1.82, 2.24) is 9.21 Å². The van der Waals surface area contributed by atoms with Gasteiger partial charge in [0, 0.05) is 20.6 Å². The monoisotopic (exact) mass is 192 g/mol. The van der Waals surface area contributed by atoms with Crippen LogP contribution in [0.5, 0.6) is 0 Å². The van der Waals surface area contributed by atoms with Crippen LogP contribution in [-0.2, 0) is 10.0 Å². The van der Waals surface area contributed by atoms with Crippen LogP contribution in [0.25, 0.3) is 0 Å². The second-order valence-corrected chi connectivity index (χ2v) is 4.93. The molecular formula is C6H12N2O3S. The molecule has 1 fully saturated rings. The number of carbonyl (C=O) groups excluding carboxylic acids is 1. The number of amides is 2. The first-order chi connectivity index (χ1) is 5.45. The normalized spacial score (nSPS) is 21.0. The van der Waals surface area contributed by atoms with E-state index in [2.05, 4.69) is 0 Å². The van der Waals surface area contributed by atoms with Crippen LogP contribution < -0.4 is 0 Å². The third-order valence-corrected chi connectivity index (χ3v) is 3.51. The first kappa shape index (κ1) is 9.31. The summed E-state index contributed by atoms with van der Waals surface area (Å²) in [4.78, 5) is 12.5. The van der Waals surface area contributed by atoms with Crippen molar-refractivity contribution in [2.24, 2.45) is 0 Å². The van der Waals surface area contributed by atoms with Crippen molar-refractivity contribution < 1.29 is 13.2 Å². The minimum Gasteiger partial charge on any atom is -0.330 e. The minimum atomic E-state index is -3.29. The van der Waals surface area contributed by atoms with Gasteiger partial charge in [-0.05, 0) is 6.42 Å². The summed E-state index contributed by atoms with van der Waals surface area (Å²) in [6.45, 7) is 0.319. The van der Waals surface area contributed by atoms with E-state index in [1.54, 1.807) is 0 Å². The first-order valence-electron chi connectivity index (χ1n) is 3.67. The Morgan fingerprint density at radius 2 is 2.00 bits per heavy atom. The van der Waals surface area contributed by atoms with Gasteiger partial charge in [0.05, 0.1) is 5.75 Å². The SMILES string of the molecule is CN(C)C(=O)N1CCCS1(=O)=O. The highest BCUT2D eigenvalue weighted by Crippen LogP contribution is 2.14. The molecule has 1 aliphatic heterocycles. The fraction of sp³-hybridized carbons (Fsp3) is 0.833. The third-order valence-electron chi connectivity index (χ3n) is 1.70. The smallest absolute Gasteiger partial charge is 0.330 e. The van der Waals surface area contributed by atoms with Crippen molar-refractivity contribution in [3.8, 4) is 0 Å². The third kappa shape index (κ3) is 1.52. The van der Waals surface area contributed by atoms with Gasteiger partial charge < -0.3 is 4.90 Å². The summed E-state index contributed by atoms with van der Waals surface area (Å²) in [7, 11) is -0.213. The fourth-order valence-corrected chi connectivity index (χ4v) is 2.60. The van der Waals surface area contributed by atoms with E-state index in [-0.39, 0.29) is 5.75 Å². The molecule has 1 aliphatic rings. The molecule has 0 unspecified atom stereocenters. The number of hydrogen-bond donors (Lipinski definition) is 0. The lowest BCUT2D eigenvalue weighted by molar-refractivity contribution is 0.199. The number of carbonyl (C=O) groups is 1. The van der Waals surface area contributed by atoms with Gasteiger partial charge in [-0.3, -0.25) is 0 Å². The molecule has 1 rings (SSSR count). The lowest BCUT2D eigenvalue weighted by Crippen LogP contribution is -2.40. The molecule has 0 aliphatic carbocycles. The Morgan fingerprint density at radius 1 is 1.42 bits per heavy atom. The Hall–Kier alpha value is -0.780. The molecule has 2 amide bonds. The summed E-state index contributed by atoms with van der Waals surface area (Å²) in [6, 6.07) is -0.451. The highest BCUT2D eigenvalue weighted by atomic mass is 32.2. The van der Waals surface area contributed by atoms with Crippen LogP contribution in [0.2, 0.25) is 0 Å². The second kappa shape index (κ2) is 2.93. The largest absolute Gasteiger partial charge is 0.333 e. The molecule has 0 radical (unpaired) electrons. The zero-order valence-electron chi connectivity index (χ0n) is 7.15. The highest BCUT2D eigenvalue weighted by molar-refractivity contribution is 7.89. The van der Waals surface area contributed by atoms with Crippen LogP contribution >= 0.6 is 0 Å². The number of rotatable bonds is 0. The molecular weight excluding hydrogens is 180 g/mol. The number of urea groups is 1. The van der Waals surface area contributed by atoms with Gasteiger partial charge in [-0.25, -0.2) is 17.5 Å². The van der Waals surface area contributed by atoms with Crippen molar-refractivity contribution in [1.29, 1.82) is 0 Å². The Labute approximate surface area is 72.0 Å². The van der Waals surface area contributed by atoms with Crippen molar-refractivity contribution >= 4 is 16.1 Å². The number of hydrogen-bond acceptors (Lipinski definition) is 3. The molecule has 0 atom stereocenters. The van der Waals surface area contributed by atoms with Gasteiger partial charge in [-0.1, -0.05) is 0 Å². The predicted octanol–water partition coefficient (Wildman–Crippen LogP) is -0.296. The van der Waals surface area contributed by atoms with Crippen molar-refractivity contribution in [2.45, 2.75) is 6.42 Å². The van der Waals surface area contributed by atoms with Crippen LogP contribution in [0.15, 0.2) is 0 Å². The van der Waals surface area contributed by atoms with E-state index in [1.807, 2.05) is 0 Å². The van der Waals surface area contributed by atoms with Crippen LogP contribution in [0.4, 0.5) is 4.79 Å². The quantitative estimate of drug-likeness (QED) is 0.529. The second-order valence-electron chi connectivity index (χ2n) is 2.92. The minimum absolute atomic E-state index is 0.0899. The van der Waals surface area contributed by atoms with Crippen LogP contribution in [0.1, 0.15) is 6.42 Å². The Kier molecular flexibility index (Phi) is 2.27. The zero-order chi connectivity index (χ0) is 9.35. The maximum Gasteiger partial charge on any atom is 0.333 e. The Morgan fingerprint density at radius 3 is 2.33 bits per heavy atom. The van der Waals surface area contributed by atoms with E-state index in [0.717, 1.165) is 4.31 Å². The van der Waals surface area contributed by atoms with Crippen LogP contribution in [0, 0.1) is 0 Å². The molecule has 0 bridgehead atoms. The van der Waals surface area contributed by atoms with E-state index in [0.29, 0.717) is 13.0 Å². The molecule has 0 N–H and O–H groups in total. The molecule has 0 spiro atoms. The summed E-state index contributed by atoms with van der Waals surface area (Å²) in [5, 5.41) is 0. The van der Waals surface area contributed by atoms with Gasteiger partial charge in [0.1, 0.15) is 0 Å². The molecule has 0 aromatic heterocycles. The molecule has 1 heterocycles. The fourth-order valence-electron chi connectivity index (χ4n) is 1.08. The average Bonchev–Trinajstić information content (AvgIpc) is 2.27. The van der Waals surface area contributed by atoms with Crippen molar-refractivity contribution in [3.63, 3.8) is 0 Å². The Balaban J connectivity index is 2.84. The van der Waals surface area contributed by atoms with Gasteiger partial charge in [-0.15, -0.1) is 0 Å². The topological polar surface area (TPSA) is 57.7 Å². The summed E-state index contributed by atoms with van der Waals surface area (Å²) < 4.78 is 23.3. The molecule has 12 heavy (non-hydrogen) atoms. The number of sulfonamides is 1. The van der Waals surface area contributed by atoms with E-state index in [9.17, 15) is 13.2 Å². The number of nitrogens with zero attached hydrogens (tertiary/aromatic N) is 2. The van der Waals surface area contributed by atoms with Crippen LogP contribution in [0.3, 0.4) is 0 Å². The van der Waals surface area contributed by atoms with E-state index >= 15 is 0 Å². The molecule has 5 nitrogen and oxygen atoms in total. The molecule has 0 saturated carbocycles. The van der Waals surface area contributed by atoms with Crippen molar-refractivity contribution in [3.05, 3.63) is 0 Å². The lowest BCUT2D eigenvalue weighted by atomic mass is 10.5. The highest BCUT2D eigenvalue weighted by Gasteiger charge is 2.33. The predicted molar refractivity (Wildman–Crippen MR) is 44.2 cm³/mol. The van der Waals surface area contributed by atoms with Gasteiger partial charge in [0.25, 0.3) is 0 Å². The van der Waals surface area contributed by atoms with E-state index in [1.165, 1.54) is 19.0 Å². The summed E-state index contributed by atoms with van der Waals surface area (Å²) in [5.74, 6) is 0.0899. The molecule has 0 aromatic carbocycles. The van der Waals surface area contributed by atoms with E-state index < -0.39 is 16.1 Å². The van der Waals surface area contributed by atoms with Crippen molar-refractivity contribution in [2.75, 3.05) is 26.4 Å². The maximum absolute atomic E-state index is 11.2. The maximum atomic E-state index is 11.2. The average molecular weight is 192 g/mol. The van der Waals surface area contributed by atoms with Gasteiger partial charge >= 0.3 is 6.03 Å².